The monoisotopic (exact) mass is 429 g/mol. The summed E-state index contributed by atoms with van der Waals surface area (Å²) in [6, 6.07) is 3.38. The van der Waals surface area contributed by atoms with Crippen molar-refractivity contribution in [3.63, 3.8) is 0 Å². The van der Waals surface area contributed by atoms with E-state index in [0.29, 0.717) is 20.8 Å². The summed E-state index contributed by atoms with van der Waals surface area (Å²) < 4.78 is 0. The standard InChI is InChI=1S/C17H14Cl3N3S2/c1-24-17-22-15(21-12-7-10(19)9(18)6-11(12)20)14-8-4-2-3-5-13(8)25-16(14)23-17/h6-7H,2-5H2,1H3,(H,21,22,23). The smallest absolute Gasteiger partial charge is 0.190 e. The van der Waals surface area contributed by atoms with Crippen LogP contribution in [0.5, 0.6) is 0 Å². The molecule has 2 heterocycles. The summed E-state index contributed by atoms with van der Waals surface area (Å²) in [5.74, 6) is 0.786. The van der Waals surface area contributed by atoms with Gasteiger partial charge in [-0.15, -0.1) is 11.3 Å². The molecule has 130 valence electrons. The first-order chi connectivity index (χ1) is 12.1. The van der Waals surface area contributed by atoms with Crippen LogP contribution in [-0.4, -0.2) is 16.2 Å². The Hall–Kier alpha value is -0.720. The van der Waals surface area contributed by atoms with Crippen molar-refractivity contribution in [2.24, 2.45) is 0 Å². The lowest BCUT2D eigenvalue weighted by molar-refractivity contribution is 0.700. The van der Waals surface area contributed by atoms with Crippen LogP contribution in [0.2, 0.25) is 15.1 Å². The van der Waals surface area contributed by atoms with Crippen molar-refractivity contribution in [3.8, 4) is 0 Å². The average molecular weight is 431 g/mol. The number of rotatable bonds is 3. The van der Waals surface area contributed by atoms with Crippen molar-refractivity contribution in [2.45, 2.75) is 30.8 Å². The van der Waals surface area contributed by atoms with E-state index in [1.54, 1.807) is 23.5 Å². The highest BCUT2D eigenvalue weighted by molar-refractivity contribution is 7.98. The molecule has 0 saturated heterocycles. The van der Waals surface area contributed by atoms with Crippen LogP contribution in [0.4, 0.5) is 11.5 Å². The van der Waals surface area contributed by atoms with Gasteiger partial charge in [0.15, 0.2) is 5.16 Å². The number of thioether (sulfide) groups is 1. The fourth-order valence-corrected chi connectivity index (χ4v) is 5.34. The van der Waals surface area contributed by atoms with E-state index in [2.05, 4.69) is 5.32 Å². The topological polar surface area (TPSA) is 37.8 Å². The fraction of sp³-hybridized carbons (Fsp3) is 0.294. The summed E-state index contributed by atoms with van der Waals surface area (Å²) in [6.45, 7) is 0. The Labute approximate surface area is 169 Å². The molecule has 8 heteroatoms. The van der Waals surface area contributed by atoms with Gasteiger partial charge in [0.2, 0.25) is 0 Å². The van der Waals surface area contributed by atoms with Crippen LogP contribution in [0, 0.1) is 0 Å². The zero-order valence-electron chi connectivity index (χ0n) is 13.3. The van der Waals surface area contributed by atoms with Crippen LogP contribution in [-0.2, 0) is 12.8 Å². The zero-order chi connectivity index (χ0) is 17.6. The van der Waals surface area contributed by atoms with Crippen molar-refractivity contribution < 1.29 is 0 Å². The molecule has 0 atom stereocenters. The van der Waals surface area contributed by atoms with Crippen molar-refractivity contribution in [3.05, 3.63) is 37.6 Å². The summed E-state index contributed by atoms with van der Waals surface area (Å²) in [5.41, 5.74) is 2.07. The molecule has 25 heavy (non-hydrogen) atoms. The van der Waals surface area contributed by atoms with Crippen molar-refractivity contribution >= 4 is 79.6 Å². The average Bonchev–Trinajstić information content (AvgIpc) is 2.98. The molecule has 1 aliphatic carbocycles. The van der Waals surface area contributed by atoms with E-state index in [1.807, 2.05) is 6.26 Å². The number of aromatic nitrogens is 2. The predicted octanol–water partition coefficient (Wildman–Crippen LogP) is 7.00. The van der Waals surface area contributed by atoms with E-state index in [-0.39, 0.29) is 0 Å². The number of thiophene rings is 1. The largest absolute Gasteiger partial charge is 0.338 e. The number of fused-ring (bicyclic) bond motifs is 3. The van der Waals surface area contributed by atoms with Gasteiger partial charge in [-0.2, -0.15) is 0 Å². The zero-order valence-corrected chi connectivity index (χ0v) is 17.2. The molecule has 0 unspecified atom stereocenters. The highest BCUT2D eigenvalue weighted by atomic mass is 35.5. The minimum Gasteiger partial charge on any atom is -0.338 e. The molecule has 4 rings (SSSR count). The number of halogens is 3. The summed E-state index contributed by atoms with van der Waals surface area (Å²) in [5, 5.41) is 6.61. The van der Waals surface area contributed by atoms with Gasteiger partial charge >= 0.3 is 0 Å². The van der Waals surface area contributed by atoms with Gasteiger partial charge in [-0.25, -0.2) is 9.97 Å². The number of nitrogens with one attached hydrogen (secondary N) is 1. The molecule has 0 saturated carbocycles. The third-order valence-corrected chi connectivity index (χ3v) is 7.01. The Morgan fingerprint density at radius 2 is 1.80 bits per heavy atom. The molecular formula is C17H14Cl3N3S2. The summed E-state index contributed by atoms with van der Waals surface area (Å²) in [7, 11) is 0. The van der Waals surface area contributed by atoms with Crippen molar-refractivity contribution in [2.75, 3.05) is 11.6 Å². The minimum absolute atomic E-state index is 0.433. The molecule has 0 spiro atoms. The van der Waals surface area contributed by atoms with Crippen LogP contribution in [0.1, 0.15) is 23.3 Å². The van der Waals surface area contributed by atoms with E-state index < -0.39 is 0 Å². The molecule has 3 nitrogen and oxygen atoms in total. The van der Waals surface area contributed by atoms with Crippen LogP contribution in [0.25, 0.3) is 10.2 Å². The molecule has 0 radical (unpaired) electrons. The van der Waals surface area contributed by atoms with Gasteiger partial charge in [0.05, 0.1) is 26.1 Å². The molecule has 1 N–H and O–H groups in total. The number of anilines is 2. The molecule has 2 aromatic heterocycles. The SMILES string of the molecule is CSc1nc(Nc2cc(Cl)c(Cl)cc2Cl)c2c3c(sc2n1)CCCC3. The second-order valence-corrected chi connectivity index (χ2v) is 8.90. The number of aryl methyl sites for hydroxylation is 2. The lowest BCUT2D eigenvalue weighted by Crippen LogP contribution is -2.02. The molecule has 1 aliphatic rings. The third-order valence-electron chi connectivity index (χ3n) is 4.24. The number of hydrogen-bond donors (Lipinski definition) is 1. The highest BCUT2D eigenvalue weighted by Crippen LogP contribution is 2.41. The van der Waals surface area contributed by atoms with Crippen LogP contribution in [0.15, 0.2) is 17.3 Å². The van der Waals surface area contributed by atoms with Gasteiger partial charge in [-0.1, -0.05) is 46.6 Å². The van der Waals surface area contributed by atoms with E-state index in [1.165, 1.54) is 35.0 Å². The maximum atomic E-state index is 6.34. The van der Waals surface area contributed by atoms with Crippen LogP contribution >= 0.6 is 57.9 Å². The fourth-order valence-electron chi connectivity index (χ4n) is 3.07. The van der Waals surface area contributed by atoms with Gasteiger partial charge in [-0.3, -0.25) is 0 Å². The third kappa shape index (κ3) is 3.33. The Morgan fingerprint density at radius 1 is 1.04 bits per heavy atom. The lowest BCUT2D eigenvalue weighted by atomic mass is 9.97. The number of benzene rings is 1. The van der Waals surface area contributed by atoms with E-state index in [0.717, 1.165) is 34.0 Å². The quantitative estimate of drug-likeness (QED) is 0.276. The molecular weight excluding hydrogens is 417 g/mol. The molecule has 0 aliphatic heterocycles. The molecule has 3 aromatic rings. The van der Waals surface area contributed by atoms with E-state index >= 15 is 0 Å². The van der Waals surface area contributed by atoms with Crippen LogP contribution in [0.3, 0.4) is 0 Å². The Bertz CT molecular complexity index is 972. The van der Waals surface area contributed by atoms with Gasteiger partial charge in [-0.05, 0) is 49.6 Å². The van der Waals surface area contributed by atoms with Crippen molar-refractivity contribution in [1.82, 2.24) is 9.97 Å². The molecule has 0 fully saturated rings. The van der Waals surface area contributed by atoms with Gasteiger partial charge < -0.3 is 5.32 Å². The van der Waals surface area contributed by atoms with E-state index in [4.69, 9.17) is 44.8 Å². The summed E-state index contributed by atoms with van der Waals surface area (Å²) in [4.78, 5) is 11.9. The van der Waals surface area contributed by atoms with Crippen LogP contribution < -0.4 is 5.32 Å². The number of hydrogen-bond acceptors (Lipinski definition) is 5. The first-order valence-corrected chi connectivity index (χ1v) is 11.0. The Balaban J connectivity index is 1.88. The first-order valence-electron chi connectivity index (χ1n) is 7.84. The minimum atomic E-state index is 0.433. The van der Waals surface area contributed by atoms with Gasteiger partial charge in [0.1, 0.15) is 10.6 Å². The van der Waals surface area contributed by atoms with Crippen molar-refractivity contribution in [1.29, 1.82) is 0 Å². The maximum Gasteiger partial charge on any atom is 0.190 e. The molecule has 0 bridgehead atoms. The molecule has 1 aromatic carbocycles. The first kappa shape index (κ1) is 17.7. The second-order valence-electron chi connectivity index (χ2n) is 5.82. The maximum absolute atomic E-state index is 6.34. The predicted molar refractivity (Wildman–Crippen MR) is 111 cm³/mol. The number of nitrogens with zero attached hydrogens (tertiary/aromatic N) is 2. The summed E-state index contributed by atoms with van der Waals surface area (Å²) >= 11 is 21.8. The van der Waals surface area contributed by atoms with E-state index in [9.17, 15) is 0 Å². The highest BCUT2D eigenvalue weighted by Gasteiger charge is 2.21. The molecule has 0 amide bonds. The normalized spacial score (nSPS) is 13.9. The Kier molecular flexibility index (Phi) is 5.04. The van der Waals surface area contributed by atoms with Gasteiger partial charge in [0.25, 0.3) is 0 Å². The van der Waals surface area contributed by atoms with Gasteiger partial charge in [0, 0.05) is 4.88 Å². The lowest BCUT2D eigenvalue weighted by Gasteiger charge is -2.14. The Morgan fingerprint density at radius 3 is 2.60 bits per heavy atom. The summed E-state index contributed by atoms with van der Waals surface area (Å²) in [6.07, 6.45) is 6.61. The second kappa shape index (κ2) is 7.12.